The van der Waals surface area contributed by atoms with E-state index in [1.165, 1.54) is 21.3 Å². The highest BCUT2D eigenvalue weighted by Crippen LogP contribution is 2.40. The number of ketones is 2. The zero-order chi connectivity index (χ0) is 23.1. The van der Waals surface area contributed by atoms with E-state index in [2.05, 4.69) is 10.6 Å². The first kappa shape index (κ1) is 32.9. The van der Waals surface area contributed by atoms with Crippen molar-refractivity contribution in [3.63, 3.8) is 0 Å². The zero-order valence-electron chi connectivity index (χ0n) is 20.1. The molecule has 35 heavy (non-hydrogen) atoms. The molecular weight excluding hydrogens is 517 g/mol. The number of hydrogen-bond acceptors (Lipinski definition) is 8. The Morgan fingerprint density at radius 3 is 1.89 bits per heavy atom. The molecule has 2 aromatic carbocycles. The topological polar surface area (TPSA) is 112 Å². The molecule has 0 atom stereocenters. The number of carbonyl (C=O) groups is 2. The number of halogens is 3. The number of methoxy groups -OCH3 is 3. The van der Waals surface area contributed by atoms with Gasteiger partial charge in [-0.2, -0.15) is 0 Å². The highest BCUT2D eigenvalue weighted by molar-refractivity contribution is 6.30. The molecule has 0 unspecified atom stereocenters. The van der Waals surface area contributed by atoms with Gasteiger partial charge in [-0.3, -0.25) is 9.59 Å². The average molecular weight is 551 g/mol. The van der Waals surface area contributed by atoms with Crippen molar-refractivity contribution in [3.8, 4) is 17.2 Å². The molecule has 0 amide bonds. The largest absolute Gasteiger partial charge is 0.497 e. The van der Waals surface area contributed by atoms with Crippen molar-refractivity contribution in [2.75, 3.05) is 47.5 Å². The van der Waals surface area contributed by atoms with E-state index in [-0.39, 0.29) is 65.5 Å². The lowest BCUT2D eigenvalue weighted by Gasteiger charge is -2.23. The molecule has 4 N–H and O–H groups in total. The molecule has 1 aliphatic carbocycles. The Labute approximate surface area is 224 Å². The van der Waals surface area contributed by atoms with E-state index in [4.69, 9.17) is 19.9 Å². The minimum atomic E-state index is -0.297. The van der Waals surface area contributed by atoms with Crippen LogP contribution < -0.4 is 30.6 Å². The molecular formula is C24H34Cl3N3O5. The first-order valence-corrected chi connectivity index (χ1v) is 10.7. The summed E-state index contributed by atoms with van der Waals surface area (Å²) in [6.45, 7) is 3.90. The lowest BCUT2D eigenvalue weighted by atomic mass is 9.82. The Morgan fingerprint density at radius 1 is 0.714 bits per heavy atom. The first-order valence-electron chi connectivity index (χ1n) is 10.7. The smallest absolute Gasteiger partial charge is 0.201 e. The quantitative estimate of drug-likeness (QED) is 0.295. The zero-order valence-corrected chi connectivity index (χ0v) is 22.6. The molecule has 0 saturated carbocycles. The van der Waals surface area contributed by atoms with Crippen LogP contribution in [-0.4, -0.2) is 59.1 Å². The molecule has 8 nitrogen and oxygen atoms in total. The third-order valence-corrected chi connectivity index (χ3v) is 5.45. The van der Waals surface area contributed by atoms with Gasteiger partial charge in [-0.25, -0.2) is 0 Å². The van der Waals surface area contributed by atoms with E-state index in [1.54, 1.807) is 24.3 Å². The number of carbonyl (C=O) groups excluding carboxylic acids is 2. The van der Waals surface area contributed by atoms with E-state index in [0.29, 0.717) is 35.9 Å². The fraction of sp³-hybridized carbons (Fsp3) is 0.417. The van der Waals surface area contributed by atoms with Crippen molar-refractivity contribution in [3.05, 3.63) is 52.1 Å². The number of nitrogens with one attached hydrogen (secondary N) is 2. The summed E-state index contributed by atoms with van der Waals surface area (Å²) in [4.78, 5) is 26.7. The van der Waals surface area contributed by atoms with E-state index in [0.717, 1.165) is 38.0 Å². The maximum absolute atomic E-state index is 13.4. The van der Waals surface area contributed by atoms with Crippen molar-refractivity contribution in [1.29, 1.82) is 0 Å². The van der Waals surface area contributed by atoms with Crippen molar-refractivity contribution in [1.82, 2.24) is 10.6 Å². The van der Waals surface area contributed by atoms with Crippen LogP contribution in [0.5, 0.6) is 17.2 Å². The number of ether oxygens (including phenoxy) is 3. The molecule has 1 aliphatic rings. The molecule has 196 valence electrons. The third-order valence-electron chi connectivity index (χ3n) is 5.45. The molecule has 0 heterocycles. The average Bonchev–Trinajstić information content (AvgIpc) is 2.82. The minimum Gasteiger partial charge on any atom is -0.497 e. The summed E-state index contributed by atoms with van der Waals surface area (Å²) in [5, 5.41) is 6.72. The Kier molecular flexibility index (Phi) is 14.9. The van der Waals surface area contributed by atoms with Gasteiger partial charge in [0.2, 0.25) is 5.78 Å². The van der Waals surface area contributed by atoms with Crippen LogP contribution in [0.4, 0.5) is 0 Å². The van der Waals surface area contributed by atoms with Gasteiger partial charge in [0.05, 0.1) is 32.5 Å². The Hall–Kier alpha value is -2.07. The summed E-state index contributed by atoms with van der Waals surface area (Å²) in [5.41, 5.74) is 7.45. The molecule has 0 aromatic heterocycles. The van der Waals surface area contributed by atoms with Gasteiger partial charge in [-0.05, 0) is 62.8 Å². The number of rotatable bonds is 12. The van der Waals surface area contributed by atoms with E-state index >= 15 is 0 Å². The fourth-order valence-corrected chi connectivity index (χ4v) is 3.82. The van der Waals surface area contributed by atoms with Crippen molar-refractivity contribution in [2.45, 2.75) is 19.4 Å². The van der Waals surface area contributed by atoms with Crippen LogP contribution in [-0.2, 0) is 6.54 Å². The summed E-state index contributed by atoms with van der Waals surface area (Å²) < 4.78 is 16.2. The SMILES string of the molecule is COc1cc(OC)c2c(c1)C(=O)c1cc(CNCCCNCCCN)cc(OC)c1C2=O.Cl.Cl.Cl. The van der Waals surface area contributed by atoms with Crippen molar-refractivity contribution in [2.24, 2.45) is 5.73 Å². The predicted octanol–water partition coefficient (Wildman–Crippen LogP) is 3.17. The van der Waals surface area contributed by atoms with Gasteiger partial charge in [0.15, 0.2) is 5.78 Å². The highest BCUT2D eigenvalue weighted by Gasteiger charge is 2.36. The van der Waals surface area contributed by atoms with Crippen LogP contribution in [0.1, 0.15) is 50.2 Å². The standard InChI is InChI=1S/C24H31N3O5.3ClH/c1-30-16-12-18-22(20(13-16)32-3)24(29)21-17(23(18)28)10-15(11-19(21)31-2)14-27-9-5-8-26-7-4-6-25;;;/h10-13,26-27H,4-9,14,25H2,1-3H3;3*1H. The molecule has 3 rings (SSSR count). The summed E-state index contributed by atoms with van der Waals surface area (Å²) in [6.07, 6.45) is 1.94. The van der Waals surface area contributed by atoms with Crippen LogP contribution in [0.25, 0.3) is 0 Å². The second-order valence-electron chi connectivity index (χ2n) is 7.55. The maximum Gasteiger partial charge on any atom is 0.201 e. The fourth-order valence-electron chi connectivity index (χ4n) is 3.82. The normalized spacial score (nSPS) is 11.3. The summed E-state index contributed by atoms with van der Waals surface area (Å²) in [7, 11) is 4.46. The molecule has 2 aromatic rings. The first-order chi connectivity index (χ1) is 15.5. The van der Waals surface area contributed by atoms with Crippen molar-refractivity contribution >= 4 is 48.8 Å². The molecule has 0 fully saturated rings. The van der Waals surface area contributed by atoms with Gasteiger partial charge in [0, 0.05) is 23.7 Å². The van der Waals surface area contributed by atoms with Crippen molar-refractivity contribution < 1.29 is 23.8 Å². The Balaban J connectivity index is 0.00000385. The summed E-state index contributed by atoms with van der Waals surface area (Å²) in [6, 6.07) is 6.75. The predicted molar refractivity (Wildman–Crippen MR) is 144 cm³/mol. The van der Waals surface area contributed by atoms with Crippen LogP contribution >= 0.6 is 37.2 Å². The molecule has 0 aliphatic heterocycles. The second-order valence-corrected chi connectivity index (χ2v) is 7.55. The van der Waals surface area contributed by atoms with Gasteiger partial charge in [0.1, 0.15) is 17.2 Å². The number of benzene rings is 2. The van der Waals surface area contributed by atoms with Crippen LogP contribution in [0.2, 0.25) is 0 Å². The van der Waals surface area contributed by atoms with E-state index in [1.807, 2.05) is 0 Å². The number of nitrogens with two attached hydrogens (primary N) is 1. The number of hydrogen-bond donors (Lipinski definition) is 3. The van der Waals surface area contributed by atoms with Crippen LogP contribution in [0, 0.1) is 0 Å². The summed E-state index contributed by atoms with van der Waals surface area (Å²) in [5.74, 6) is 0.584. The Morgan fingerprint density at radius 2 is 1.29 bits per heavy atom. The lowest BCUT2D eigenvalue weighted by molar-refractivity contribution is 0.0973. The van der Waals surface area contributed by atoms with Crippen LogP contribution in [0.3, 0.4) is 0 Å². The van der Waals surface area contributed by atoms with Crippen LogP contribution in [0.15, 0.2) is 24.3 Å². The van der Waals surface area contributed by atoms with Gasteiger partial charge < -0.3 is 30.6 Å². The van der Waals surface area contributed by atoms with Gasteiger partial charge >= 0.3 is 0 Å². The van der Waals surface area contributed by atoms with E-state index < -0.39 is 0 Å². The minimum absolute atomic E-state index is 0. The Bertz CT molecular complexity index is 1000. The van der Waals surface area contributed by atoms with Gasteiger partial charge in [0.25, 0.3) is 0 Å². The monoisotopic (exact) mass is 549 g/mol. The highest BCUT2D eigenvalue weighted by atomic mass is 35.5. The summed E-state index contributed by atoms with van der Waals surface area (Å²) >= 11 is 0. The molecule has 0 spiro atoms. The van der Waals surface area contributed by atoms with Gasteiger partial charge in [-0.1, -0.05) is 0 Å². The van der Waals surface area contributed by atoms with Gasteiger partial charge in [-0.15, -0.1) is 37.2 Å². The molecule has 0 radical (unpaired) electrons. The maximum atomic E-state index is 13.4. The molecule has 0 bridgehead atoms. The lowest BCUT2D eigenvalue weighted by Crippen LogP contribution is -2.25. The second kappa shape index (κ2) is 15.8. The molecule has 0 saturated heterocycles. The third kappa shape index (κ3) is 7.46. The van der Waals surface area contributed by atoms with E-state index in [9.17, 15) is 9.59 Å². The molecule has 11 heteroatoms. The number of fused-ring (bicyclic) bond motifs is 2.